The maximum atomic E-state index is 10.9. The molecule has 0 atom stereocenters. The molecule has 12 heavy (non-hydrogen) atoms. The Hall–Kier alpha value is -1.29. The van der Waals surface area contributed by atoms with E-state index in [2.05, 4.69) is 9.72 Å². The molecule has 3 N–H and O–H groups in total. The molecular weight excluding hydrogens is 156 g/mol. The quantitative estimate of drug-likeness (QED) is 0.638. The van der Waals surface area contributed by atoms with Gasteiger partial charge < -0.3 is 15.5 Å². The smallest absolute Gasteiger partial charge is 0.354 e. The molecule has 0 radical (unpaired) electrons. The molecule has 0 bridgehead atoms. The summed E-state index contributed by atoms with van der Waals surface area (Å²) < 4.78 is 4.53. The van der Waals surface area contributed by atoms with Gasteiger partial charge >= 0.3 is 5.97 Å². The van der Waals surface area contributed by atoms with E-state index in [0.717, 1.165) is 12.0 Å². The fourth-order valence-electron chi connectivity index (χ4n) is 0.978. The maximum Gasteiger partial charge on any atom is 0.354 e. The van der Waals surface area contributed by atoms with Gasteiger partial charge in [0.25, 0.3) is 0 Å². The molecule has 1 aromatic rings. The van der Waals surface area contributed by atoms with Crippen LogP contribution in [-0.2, 0) is 11.2 Å². The van der Waals surface area contributed by atoms with Crippen LogP contribution in [-0.4, -0.2) is 24.6 Å². The third kappa shape index (κ3) is 1.85. The highest BCUT2D eigenvalue weighted by Crippen LogP contribution is 2.04. The standard InChI is InChI=1S/C8H12N2O2/c1-12-8(11)7-4-6(2-3-9)5-10-7/h4-5,10H,2-3,9H2,1H3. The number of aromatic nitrogens is 1. The first-order valence-corrected chi connectivity index (χ1v) is 3.73. The highest BCUT2D eigenvalue weighted by molar-refractivity contribution is 5.87. The molecule has 0 aromatic carbocycles. The zero-order valence-electron chi connectivity index (χ0n) is 6.96. The van der Waals surface area contributed by atoms with Crippen molar-refractivity contribution in [2.45, 2.75) is 6.42 Å². The highest BCUT2D eigenvalue weighted by atomic mass is 16.5. The van der Waals surface area contributed by atoms with Gasteiger partial charge in [0.05, 0.1) is 7.11 Å². The second-order valence-corrected chi connectivity index (χ2v) is 2.45. The molecule has 4 nitrogen and oxygen atoms in total. The first-order valence-electron chi connectivity index (χ1n) is 3.73. The summed E-state index contributed by atoms with van der Waals surface area (Å²) in [7, 11) is 1.35. The second kappa shape index (κ2) is 3.92. The Kier molecular flexibility index (Phi) is 2.88. The van der Waals surface area contributed by atoms with Crippen molar-refractivity contribution >= 4 is 5.97 Å². The number of hydrogen-bond donors (Lipinski definition) is 2. The van der Waals surface area contributed by atoms with Crippen LogP contribution in [0.1, 0.15) is 16.1 Å². The number of rotatable bonds is 3. The molecule has 1 rings (SSSR count). The lowest BCUT2D eigenvalue weighted by atomic mass is 10.2. The van der Waals surface area contributed by atoms with Crippen molar-refractivity contribution < 1.29 is 9.53 Å². The Morgan fingerprint density at radius 2 is 2.50 bits per heavy atom. The number of H-pyrrole nitrogens is 1. The number of carbonyl (C=O) groups is 1. The molecule has 0 aliphatic heterocycles. The summed E-state index contributed by atoms with van der Waals surface area (Å²) in [6.45, 7) is 0.582. The van der Waals surface area contributed by atoms with Gasteiger partial charge in [-0.2, -0.15) is 0 Å². The van der Waals surface area contributed by atoms with E-state index in [9.17, 15) is 4.79 Å². The average molecular weight is 168 g/mol. The summed E-state index contributed by atoms with van der Waals surface area (Å²) in [5, 5.41) is 0. The Bertz CT molecular complexity index is 268. The molecule has 66 valence electrons. The number of carbonyl (C=O) groups excluding carboxylic acids is 1. The predicted molar refractivity (Wildman–Crippen MR) is 44.9 cm³/mol. The molecule has 0 fully saturated rings. The predicted octanol–water partition coefficient (Wildman–Crippen LogP) is 0.302. The van der Waals surface area contributed by atoms with Crippen molar-refractivity contribution in [1.29, 1.82) is 0 Å². The molecule has 4 heteroatoms. The Morgan fingerprint density at radius 3 is 3.08 bits per heavy atom. The monoisotopic (exact) mass is 168 g/mol. The fraction of sp³-hybridized carbons (Fsp3) is 0.375. The third-order valence-electron chi connectivity index (χ3n) is 1.58. The zero-order chi connectivity index (χ0) is 8.97. The molecule has 1 aromatic heterocycles. The molecule has 0 aliphatic rings. The Labute approximate surface area is 70.7 Å². The number of ether oxygens (including phenoxy) is 1. The molecule has 0 spiro atoms. The van der Waals surface area contributed by atoms with Crippen molar-refractivity contribution in [3.8, 4) is 0 Å². The Morgan fingerprint density at radius 1 is 1.75 bits per heavy atom. The van der Waals surface area contributed by atoms with Crippen LogP contribution < -0.4 is 5.73 Å². The maximum absolute atomic E-state index is 10.9. The summed E-state index contributed by atoms with van der Waals surface area (Å²) in [4.78, 5) is 13.8. The summed E-state index contributed by atoms with van der Waals surface area (Å²) >= 11 is 0. The van der Waals surface area contributed by atoms with Crippen LogP contribution in [0.5, 0.6) is 0 Å². The zero-order valence-corrected chi connectivity index (χ0v) is 6.96. The van der Waals surface area contributed by atoms with Gasteiger partial charge in [0, 0.05) is 6.20 Å². The lowest BCUT2D eigenvalue weighted by Gasteiger charge is -1.92. The number of hydrogen-bond acceptors (Lipinski definition) is 3. The van der Waals surface area contributed by atoms with E-state index in [0.29, 0.717) is 12.2 Å². The van der Waals surface area contributed by atoms with Crippen LogP contribution in [0.25, 0.3) is 0 Å². The largest absolute Gasteiger partial charge is 0.464 e. The minimum absolute atomic E-state index is 0.349. The van der Waals surface area contributed by atoms with Gasteiger partial charge in [-0.05, 0) is 24.6 Å². The highest BCUT2D eigenvalue weighted by Gasteiger charge is 2.06. The van der Waals surface area contributed by atoms with Crippen molar-refractivity contribution in [1.82, 2.24) is 4.98 Å². The van der Waals surface area contributed by atoms with Gasteiger partial charge in [-0.25, -0.2) is 4.79 Å². The van der Waals surface area contributed by atoms with Crippen LogP contribution in [0.3, 0.4) is 0 Å². The SMILES string of the molecule is COC(=O)c1cc(CCN)c[nH]1. The molecule has 0 unspecified atom stereocenters. The molecule has 0 amide bonds. The number of nitrogens with two attached hydrogens (primary N) is 1. The van der Waals surface area contributed by atoms with Gasteiger partial charge in [-0.15, -0.1) is 0 Å². The van der Waals surface area contributed by atoms with Crippen molar-refractivity contribution in [2.24, 2.45) is 5.73 Å². The van der Waals surface area contributed by atoms with Crippen LogP contribution in [0, 0.1) is 0 Å². The van der Waals surface area contributed by atoms with E-state index in [1.807, 2.05) is 0 Å². The van der Waals surface area contributed by atoms with E-state index >= 15 is 0 Å². The van der Waals surface area contributed by atoms with Crippen molar-refractivity contribution in [3.63, 3.8) is 0 Å². The van der Waals surface area contributed by atoms with Crippen LogP contribution in [0.2, 0.25) is 0 Å². The van der Waals surface area contributed by atoms with Gasteiger partial charge in [0.1, 0.15) is 5.69 Å². The van der Waals surface area contributed by atoms with Gasteiger partial charge in [-0.3, -0.25) is 0 Å². The van der Waals surface area contributed by atoms with Gasteiger partial charge in [-0.1, -0.05) is 0 Å². The van der Waals surface area contributed by atoms with E-state index in [-0.39, 0.29) is 5.97 Å². The summed E-state index contributed by atoms with van der Waals surface area (Å²) in [5.74, 6) is -0.349. The van der Waals surface area contributed by atoms with E-state index in [1.165, 1.54) is 7.11 Å². The van der Waals surface area contributed by atoms with Crippen molar-refractivity contribution in [2.75, 3.05) is 13.7 Å². The molecule has 1 heterocycles. The normalized spacial score (nSPS) is 9.83. The van der Waals surface area contributed by atoms with Gasteiger partial charge in [0.2, 0.25) is 0 Å². The number of nitrogens with one attached hydrogen (secondary N) is 1. The average Bonchev–Trinajstić information content (AvgIpc) is 2.52. The van der Waals surface area contributed by atoms with E-state index < -0.39 is 0 Å². The molecule has 0 saturated carbocycles. The number of esters is 1. The van der Waals surface area contributed by atoms with E-state index in [1.54, 1.807) is 12.3 Å². The Balaban J connectivity index is 2.70. The first-order chi connectivity index (χ1) is 5.77. The summed E-state index contributed by atoms with van der Waals surface area (Å²) in [5.41, 5.74) is 6.85. The minimum Gasteiger partial charge on any atom is -0.464 e. The lowest BCUT2D eigenvalue weighted by molar-refractivity contribution is 0.0595. The van der Waals surface area contributed by atoms with Crippen molar-refractivity contribution in [3.05, 3.63) is 23.5 Å². The third-order valence-corrected chi connectivity index (χ3v) is 1.58. The van der Waals surface area contributed by atoms with Crippen LogP contribution >= 0.6 is 0 Å². The summed E-state index contributed by atoms with van der Waals surface area (Å²) in [6, 6.07) is 1.75. The second-order valence-electron chi connectivity index (χ2n) is 2.45. The van der Waals surface area contributed by atoms with E-state index in [4.69, 9.17) is 5.73 Å². The molecule has 0 saturated heterocycles. The summed E-state index contributed by atoms with van der Waals surface area (Å²) in [6.07, 6.45) is 2.53. The number of methoxy groups -OCH3 is 1. The molecular formula is C8H12N2O2. The number of aromatic amines is 1. The van der Waals surface area contributed by atoms with Crippen LogP contribution in [0.4, 0.5) is 0 Å². The minimum atomic E-state index is -0.349. The van der Waals surface area contributed by atoms with Crippen LogP contribution in [0.15, 0.2) is 12.3 Å². The molecule has 0 aliphatic carbocycles. The topological polar surface area (TPSA) is 68.1 Å². The lowest BCUT2D eigenvalue weighted by Crippen LogP contribution is -2.02. The first kappa shape index (κ1) is 8.80. The fourth-order valence-corrected chi connectivity index (χ4v) is 0.978. The van der Waals surface area contributed by atoms with Gasteiger partial charge in [0.15, 0.2) is 0 Å².